The van der Waals surface area contributed by atoms with Gasteiger partial charge >= 0.3 is 0 Å². The van der Waals surface area contributed by atoms with Crippen molar-refractivity contribution in [3.8, 4) is 11.5 Å². The van der Waals surface area contributed by atoms with Crippen LogP contribution < -0.4 is 0 Å². The molecule has 0 radical (unpaired) electrons. The molecule has 0 aliphatic rings. The molecule has 0 bridgehead atoms. The van der Waals surface area contributed by atoms with E-state index in [9.17, 15) is 0 Å². The molecule has 6 heteroatoms. The average molecular weight is 210 g/mol. The van der Waals surface area contributed by atoms with Gasteiger partial charge in [-0.1, -0.05) is 0 Å². The summed E-state index contributed by atoms with van der Waals surface area (Å²) in [6.07, 6.45) is 3.14. The fourth-order valence-corrected chi connectivity index (χ4v) is 1.36. The van der Waals surface area contributed by atoms with Gasteiger partial charge in [0.2, 0.25) is 0 Å². The Morgan fingerprint density at radius 2 is 2.29 bits per heavy atom. The first-order chi connectivity index (χ1) is 6.83. The standard InChI is InChI=1S/C8H8ClN5/c1-14-7(4-9)12-13-8(14)6-2-3-10-5-11-6/h2-3,5H,4H2,1H3. The van der Waals surface area contributed by atoms with Gasteiger partial charge in [-0.05, 0) is 6.07 Å². The molecule has 0 aliphatic carbocycles. The maximum atomic E-state index is 5.68. The lowest BCUT2D eigenvalue weighted by atomic mass is 10.4. The Labute approximate surface area is 85.8 Å². The van der Waals surface area contributed by atoms with Crippen LogP contribution in [-0.2, 0) is 12.9 Å². The van der Waals surface area contributed by atoms with E-state index in [1.165, 1.54) is 6.33 Å². The topological polar surface area (TPSA) is 56.5 Å². The van der Waals surface area contributed by atoms with Crippen molar-refractivity contribution < 1.29 is 0 Å². The number of aromatic nitrogens is 5. The second-order valence-corrected chi connectivity index (χ2v) is 2.99. The van der Waals surface area contributed by atoms with Gasteiger partial charge in [0.15, 0.2) is 5.82 Å². The summed E-state index contributed by atoms with van der Waals surface area (Å²) in [7, 11) is 1.86. The number of halogens is 1. The van der Waals surface area contributed by atoms with Gasteiger partial charge < -0.3 is 4.57 Å². The van der Waals surface area contributed by atoms with Crippen molar-refractivity contribution in [2.45, 2.75) is 5.88 Å². The van der Waals surface area contributed by atoms with Crippen LogP contribution >= 0.6 is 11.6 Å². The summed E-state index contributed by atoms with van der Waals surface area (Å²) in [6, 6.07) is 1.78. The lowest BCUT2D eigenvalue weighted by Gasteiger charge is -1.99. The highest BCUT2D eigenvalue weighted by atomic mass is 35.5. The summed E-state index contributed by atoms with van der Waals surface area (Å²) in [5, 5.41) is 7.93. The van der Waals surface area contributed by atoms with Crippen LogP contribution in [0.2, 0.25) is 0 Å². The average Bonchev–Trinajstić information content (AvgIpc) is 2.61. The van der Waals surface area contributed by atoms with Crippen LogP contribution in [0.3, 0.4) is 0 Å². The van der Waals surface area contributed by atoms with Crippen LogP contribution in [0.25, 0.3) is 11.5 Å². The van der Waals surface area contributed by atoms with E-state index in [0.29, 0.717) is 11.7 Å². The van der Waals surface area contributed by atoms with E-state index in [4.69, 9.17) is 11.6 Å². The number of hydrogen-bond donors (Lipinski definition) is 0. The molecular formula is C8H8ClN5. The molecule has 0 fully saturated rings. The molecular weight excluding hydrogens is 202 g/mol. The molecule has 2 rings (SSSR count). The third kappa shape index (κ3) is 1.46. The molecule has 2 aromatic heterocycles. The Kier molecular flexibility index (Phi) is 2.41. The van der Waals surface area contributed by atoms with Crippen molar-refractivity contribution in [3.63, 3.8) is 0 Å². The zero-order valence-corrected chi connectivity index (χ0v) is 8.31. The van der Waals surface area contributed by atoms with E-state index in [0.717, 1.165) is 11.5 Å². The molecule has 0 aliphatic heterocycles. The predicted octanol–water partition coefficient (Wildman–Crippen LogP) is 1.01. The molecule has 0 saturated carbocycles. The third-order valence-corrected chi connectivity index (χ3v) is 2.13. The number of hydrogen-bond acceptors (Lipinski definition) is 4. The van der Waals surface area contributed by atoms with E-state index >= 15 is 0 Å². The molecule has 0 atom stereocenters. The molecule has 0 amide bonds. The molecule has 0 aromatic carbocycles. The molecule has 0 saturated heterocycles. The minimum atomic E-state index is 0.342. The van der Waals surface area contributed by atoms with E-state index < -0.39 is 0 Å². The van der Waals surface area contributed by atoms with Gasteiger partial charge in [-0.3, -0.25) is 0 Å². The van der Waals surface area contributed by atoms with E-state index in [2.05, 4.69) is 20.2 Å². The van der Waals surface area contributed by atoms with Crippen molar-refractivity contribution >= 4 is 11.6 Å². The fourth-order valence-electron chi connectivity index (χ4n) is 1.12. The summed E-state index contributed by atoms with van der Waals surface area (Å²) in [5.41, 5.74) is 0.742. The Hall–Kier alpha value is -1.49. The first-order valence-corrected chi connectivity index (χ1v) is 4.57. The van der Waals surface area contributed by atoms with Crippen molar-refractivity contribution in [1.82, 2.24) is 24.7 Å². The SMILES string of the molecule is Cn1c(CCl)nnc1-c1ccncn1. The van der Waals surface area contributed by atoms with Gasteiger partial charge in [0, 0.05) is 13.2 Å². The second-order valence-electron chi connectivity index (χ2n) is 2.73. The molecule has 72 valence electrons. The monoisotopic (exact) mass is 209 g/mol. The maximum Gasteiger partial charge on any atom is 0.182 e. The minimum absolute atomic E-state index is 0.342. The number of alkyl halides is 1. The predicted molar refractivity (Wildman–Crippen MR) is 51.6 cm³/mol. The highest BCUT2D eigenvalue weighted by Gasteiger charge is 2.09. The Morgan fingerprint density at radius 1 is 1.43 bits per heavy atom. The molecule has 2 aromatic rings. The highest BCUT2D eigenvalue weighted by molar-refractivity contribution is 6.16. The summed E-state index contributed by atoms with van der Waals surface area (Å²) in [6.45, 7) is 0. The summed E-state index contributed by atoms with van der Waals surface area (Å²) < 4.78 is 1.81. The van der Waals surface area contributed by atoms with Crippen molar-refractivity contribution in [2.24, 2.45) is 7.05 Å². The summed E-state index contributed by atoms with van der Waals surface area (Å²) >= 11 is 5.68. The van der Waals surface area contributed by atoms with Gasteiger partial charge in [0.1, 0.15) is 17.8 Å². The normalized spacial score (nSPS) is 10.4. The lowest BCUT2D eigenvalue weighted by Crippen LogP contribution is -1.98. The molecule has 14 heavy (non-hydrogen) atoms. The Balaban J connectivity index is 2.48. The van der Waals surface area contributed by atoms with E-state index in [1.807, 2.05) is 11.6 Å². The molecule has 0 spiro atoms. The van der Waals surface area contributed by atoms with Crippen LogP contribution in [-0.4, -0.2) is 24.7 Å². The van der Waals surface area contributed by atoms with Crippen LogP contribution in [0.15, 0.2) is 18.6 Å². The van der Waals surface area contributed by atoms with Crippen LogP contribution in [0.5, 0.6) is 0 Å². The van der Waals surface area contributed by atoms with Gasteiger partial charge in [-0.25, -0.2) is 9.97 Å². The smallest absolute Gasteiger partial charge is 0.182 e. The largest absolute Gasteiger partial charge is 0.312 e. The number of rotatable bonds is 2. The number of nitrogens with zero attached hydrogens (tertiary/aromatic N) is 5. The van der Waals surface area contributed by atoms with Crippen LogP contribution in [0, 0.1) is 0 Å². The maximum absolute atomic E-state index is 5.68. The fraction of sp³-hybridized carbons (Fsp3) is 0.250. The van der Waals surface area contributed by atoms with Crippen molar-refractivity contribution in [2.75, 3.05) is 0 Å². The second kappa shape index (κ2) is 3.71. The van der Waals surface area contributed by atoms with E-state index in [-0.39, 0.29) is 0 Å². The Morgan fingerprint density at radius 3 is 2.86 bits per heavy atom. The van der Waals surface area contributed by atoms with Gasteiger partial charge in [0.05, 0.1) is 5.88 Å². The summed E-state index contributed by atoms with van der Waals surface area (Å²) in [5.74, 6) is 1.76. The highest BCUT2D eigenvalue weighted by Crippen LogP contribution is 2.13. The zero-order chi connectivity index (χ0) is 9.97. The molecule has 2 heterocycles. The van der Waals surface area contributed by atoms with Gasteiger partial charge in [-0.15, -0.1) is 21.8 Å². The zero-order valence-electron chi connectivity index (χ0n) is 7.55. The molecule has 0 unspecified atom stereocenters. The van der Waals surface area contributed by atoms with Crippen LogP contribution in [0.1, 0.15) is 5.82 Å². The Bertz CT molecular complexity index is 425. The third-order valence-electron chi connectivity index (χ3n) is 1.90. The first-order valence-electron chi connectivity index (χ1n) is 4.03. The van der Waals surface area contributed by atoms with Crippen molar-refractivity contribution in [1.29, 1.82) is 0 Å². The molecule has 0 N–H and O–H groups in total. The quantitative estimate of drug-likeness (QED) is 0.693. The van der Waals surface area contributed by atoms with E-state index in [1.54, 1.807) is 12.3 Å². The van der Waals surface area contributed by atoms with Gasteiger partial charge in [-0.2, -0.15) is 0 Å². The summed E-state index contributed by atoms with van der Waals surface area (Å²) in [4.78, 5) is 7.91. The lowest BCUT2D eigenvalue weighted by molar-refractivity contribution is 0.850. The minimum Gasteiger partial charge on any atom is -0.312 e. The first kappa shape index (κ1) is 9.08. The molecule has 5 nitrogen and oxygen atoms in total. The van der Waals surface area contributed by atoms with Crippen molar-refractivity contribution in [3.05, 3.63) is 24.4 Å². The van der Waals surface area contributed by atoms with Gasteiger partial charge in [0.25, 0.3) is 0 Å². The van der Waals surface area contributed by atoms with Crippen LogP contribution in [0.4, 0.5) is 0 Å².